The molecule has 12 heteroatoms. The van der Waals surface area contributed by atoms with Crippen molar-refractivity contribution in [2.45, 2.75) is 97.3 Å². The largest absolute Gasteiger partial charge is 0.449 e. The first-order chi connectivity index (χ1) is 20.8. The van der Waals surface area contributed by atoms with E-state index in [0.29, 0.717) is 44.4 Å². The van der Waals surface area contributed by atoms with Crippen molar-refractivity contribution in [1.29, 1.82) is 0 Å². The van der Waals surface area contributed by atoms with E-state index in [1.807, 2.05) is 64.3 Å². The Morgan fingerprint density at radius 1 is 0.818 bits per heavy atom. The van der Waals surface area contributed by atoms with Crippen LogP contribution in [0.2, 0.25) is 0 Å². The Hall–Kier alpha value is -3.12. The molecule has 0 bridgehead atoms. The second kappa shape index (κ2) is 21.6. The molecule has 6 N–H and O–H groups in total. The van der Waals surface area contributed by atoms with Crippen LogP contribution in [0.5, 0.6) is 0 Å². The monoisotopic (exact) mass is 635 g/mol. The van der Waals surface area contributed by atoms with E-state index in [9.17, 15) is 24.0 Å². The van der Waals surface area contributed by atoms with Crippen LogP contribution in [0.15, 0.2) is 30.3 Å². The summed E-state index contributed by atoms with van der Waals surface area (Å²) < 4.78 is 5.20. The molecule has 4 atom stereocenters. The molecule has 0 heterocycles. The van der Waals surface area contributed by atoms with Crippen molar-refractivity contribution in [1.82, 2.24) is 21.3 Å². The van der Waals surface area contributed by atoms with Gasteiger partial charge >= 0.3 is 6.09 Å². The molecule has 0 aliphatic heterocycles. The number of rotatable bonds is 21. The molecule has 0 saturated carbocycles. The number of thioether (sulfide) groups is 1. The lowest BCUT2D eigenvalue weighted by Crippen LogP contribution is -2.57. The Bertz CT molecular complexity index is 1040. The lowest BCUT2D eigenvalue weighted by atomic mass is 10.0. The van der Waals surface area contributed by atoms with Crippen LogP contribution >= 0.6 is 11.8 Å². The van der Waals surface area contributed by atoms with Crippen LogP contribution in [0.3, 0.4) is 0 Å². The van der Waals surface area contributed by atoms with Crippen LogP contribution in [0.4, 0.5) is 4.79 Å². The molecule has 1 rings (SSSR count). The smallest absolute Gasteiger partial charge is 0.407 e. The minimum atomic E-state index is -0.924. The standard InChI is InChI=1S/C32H53N5O6S/c1-21(2)18-27(35-30(40)26(15-17-44-6)37-32(42)43-20-22(3)4)31(41)36-28(19-24-12-8-7-9-13-24)29(39)34-16-11-10-14-25(33)23(5)38/h7-9,12-13,21-22,25-28H,10-11,14-20,33H2,1-6H3,(H,34,39)(H,35,40)(H,36,41)(H,37,42). The van der Waals surface area contributed by atoms with Gasteiger partial charge < -0.3 is 31.7 Å². The summed E-state index contributed by atoms with van der Waals surface area (Å²) in [6.07, 6.45) is 4.01. The number of nitrogens with one attached hydrogen (secondary N) is 4. The van der Waals surface area contributed by atoms with Crippen molar-refractivity contribution in [2.75, 3.05) is 25.2 Å². The Balaban J connectivity index is 3.00. The Labute approximate surface area is 267 Å². The first-order valence-corrected chi connectivity index (χ1v) is 16.8. The van der Waals surface area contributed by atoms with Crippen molar-refractivity contribution < 1.29 is 28.7 Å². The molecule has 1 aromatic rings. The van der Waals surface area contributed by atoms with Crippen molar-refractivity contribution in [2.24, 2.45) is 17.6 Å². The van der Waals surface area contributed by atoms with E-state index in [-0.39, 0.29) is 36.6 Å². The van der Waals surface area contributed by atoms with Crippen LogP contribution in [-0.4, -0.2) is 78.9 Å². The molecule has 0 saturated heterocycles. The lowest BCUT2D eigenvalue weighted by Gasteiger charge is -2.26. The topological polar surface area (TPSA) is 169 Å². The average Bonchev–Trinajstić information content (AvgIpc) is 2.97. The van der Waals surface area contributed by atoms with Gasteiger partial charge in [-0.1, -0.05) is 58.0 Å². The maximum absolute atomic E-state index is 13.6. The molecule has 44 heavy (non-hydrogen) atoms. The fourth-order valence-electron chi connectivity index (χ4n) is 4.26. The Morgan fingerprint density at radius 2 is 1.45 bits per heavy atom. The third-order valence-electron chi connectivity index (χ3n) is 6.79. The quantitative estimate of drug-likeness (QED) is 0.129. The number of ether oxygens (including phenoxy) is 1. The summed E-state index contributed by atoms with van der Waals surface area (Å²) in [7, 11) is 0. The molecule has 0 fully saturated rings. The predicted octanol–water partition coefficient (Wildman–Crippen LogP) is 2.95. The molecular formula is C32H53N5O6S. The van der Waals surface area contributed by atoms with Gasteiger partial charge in [-0.05, 0) is 68.4 Å². The summed E-state index contributed by atoms with van der Waals surface area (Å²) in [6.45, 7) is 9.75. The van der Waals surface area contributed by atoms with Crippen LogP contribution in [-0.2, 0) is 30.3 Å². The van der Waals surface area contributed by atoms with E-state index in [0.717, 1.165) is 5.56 Å². The summed E-state index contributed by atoms with van der Waals surface area (Å²) in [5.74, 6) is -0.577. The van der Waals surface area contributed by atoms with Gasteiger partial charge in [0.1, 0.15) is 23.9 Å². The van der Waals surface area contributed by atoms with Gasteiger partial charge in [0, 0.05) is 13.0 Å². The maximum Gasteiger partial charge on any atom is 0.407 e. The zero-order valence-electron chi connectivity index (χ0n) is 27.1. The number of benzene rings is 1. The average molecular weight is 636 g/mol. The SMILES string of the molecule is CSCCC(NC(=O)OCC(C)C)C(=O)NC(CC(C)C)C(=O)NC(Cc1ccccc1)C(=O)NCCCCC(N)C(C)=O. The molecule has 1 aromatic carbocycles. The normalized spacial score (nSPS) is 13.8. The third-order valence-corrected chi connectivity index (χ3v) is 7.43. The van der Waals surface area contributed by atoms with E-state index in [1.165, 1.54) is 18.7 Å². The number of hydrogen-bond acceptors (Lipinski definition) is 8. The van der Waals surface area contributed by atoms with Gasteiger partial charge in [-0.15, -0.1) is 0 Å². The van der Waals surface area contributed by atoms with Gasteiger partial charge in [-0.3, -0.25) is 19.2 Å². The van der Waals surface area contributed by atoms with Gasteiger partial charge in [0.2, 0.25) is 17.7 Å². The zero-order valence-corrected chi connectivity index (χ0v) is 28.0. The lowest BCUT2D eigenvalue weighted by molar-refractivity contribution is -0.133. The van der Waals surface area contributed by atoms with Crippen LogP contribution in [0.25, 0.3) is 0 Å². The van der Waals surface area contributed by atoms with Crippen molar-refractivity contribution >= 4 is 41.4 Å². The van der Waals surface area contributed by atoms with Gasteiger partial charge in [0.15, 0.2) is 0 Å². The van der Waals surface area contributed by atoms with E-state index < -0.39 is 42.1 Å². The number of amides is 4. The molecule has 11 nitrogen and oxygen atoms in total. The van der Waals surface area contributed by atoms with E-state index in [4.69, 9.17) is 10.5 Å². The molecule has 0 spiro atoms. The van der Waals surface area contributed by atoms with Gasteiger partial charge in [0.05, 0.1) is 12.6 Å². The Morgan fingerprint density at radius 3 is 2.05 bits per heavy atom. The first-order valence-electron chi connectivity index (χ1n) is 15.4. The van der Waals surface area contributed by atoms with E-state index in [1.54, 1.807) is 0 Å². The van der Waals surface area contributed by atoms with Crippen LogP contribution in [0, 0.1) is 11.8 Å². The second-order valence-electron chi connectivity index (χ2n) is 11.9. The zero-order chi connectivity index (χ0) is 33.1. The molecule has 0 aromatic heterocycles. The molecule has 0 aliphatic carbocycles. The minimum Gasteiger partial charge on any atom is -0.449 e. The number of nitrogens with two attached hydrogens (primary N) is 1. The number of carbonyl (C=O) groups is 5. The van der Waals surface area contributed by atoms with Gasteiger partial charge in [0.25, 0.3) is 0 Å². The van der Waals surface area contributed by atoms with Gasteiger partial charge in [-0.25, -0.2) is 4.79 Å². The summed E-state index contributed by atoms with van der Waals surface area (Å²) in [4.78, 5) is 63.9. The molecule has 0 aliphatic rings. The highest BCUT2D eigenvalue weighted by Crippen LogP contribution is 2.10. The maximum atomic E-state index is 13.6. The highest BCUT2D eigenvalue weighted by atomic mass is 32.2. The van der Waals surface area contributed by atoms with Crippen LogP contribution in [0.1, 0.15) is 72.3 Å². The van der Waals surface area contributed by atoms with Crippen LogP contribution < -0.4 is 27.0 Å². The summed E-state index contributed by atoms with van der Waals surface area (Å²) in [5.41, 5.74) is 6.66. The highest BCUT2D eigenvalue weighted by Gasteiger charge is 2.30. The molecule has 248 valence electrons. The van der Waals surface area contributed by atoms with Crippen molar-refractivity contribution in [3.8, 4) is 0 Å². The van der Waals surface area contributed by atoms with Crippen molar-refractivity contribution in [3.63, 3.8) is 0 Å². The number of carbonyl (C=O) groups excluding carboxylic acids is 5. The summed E-state index contributed by atoms with van der Waals surface area (Å²) >= 11 is 1.54. The fraction of sp³-hybridized carbons (Fsp3) is 0.656. The molecule has 4 unspecified atom stereocenters. The number of Topliss-reactive ketones (excluding diaryl/α,β-unsaturated/α-hetero) is 1. The van der Waals surface area contributed by atoms with E-state index >= 15 is 0 Å². The van der Waals surface area contributed by atoms with Gasteiger partial charge in [-0.2, -0.15) is 11.8 Å². The highest BCUT2D eigenvalue weighted by molar-refractivity contribution is 7.98. The number of ketones is 1. The van der Waals surface area contributed by atoms with E-state index in [2.05, 4.69) is 21.3 Å². The molecular weight excluding hydrogens is 582 g/mol. The summed E-state index contributed by atoms with van der Waals surface area (Å²) in [6, 6.07) is 6.15. The number of alkyl carbamates (subject to hydrolysis) is 1. The molecule has 4 amide bonds. The van der Waals surface area contributed by atoms with Crippen molar-refractivity contribution in [3.05, 3.63) is 35.9 Å². The second-order valence-corrected chi connectivity index (χ2v) is 12.9. The number of unbranched alkanes of at least 4 members (excludes halogenated alkanes) is 1. The first kappa shape index (κ1) is 38.9. The Kier molecular flexibility index (Phi) is 19.1. The minimum absolute atomic E-state index is 0.0578. The fourth-order valence-corrected chi connectivity index (χ4v) is 4.74. The third kappa shape index (κ3) is 16.7. The molecule has 0 radical (unpaired) electrons. The number of hydrogen-bond donors (Lipinski definition) is 5. The predicted molar refractivity (Wildman–Crippen MR) is 175 cm³/mol. The summed E-state index contributed by atoms with van der Waals surface area (Å²) in [5, 5.41) is 11.2.